The number of benzene rings is 2. The van der Waals surface area contributed by atoms with E-state index in [0.29, 0.717) is 28.2 Å². The SMILES string of the molecule is COC(=O)c1cc(-c2nc3cc(NC(C)=O)ccc3o2)ccc1C#N. The summed E-state index contributed by atoms with van der Waals surface area (Å²) >= 11 is 0. The van der Waals surface area contributed by atoms with E-state index >= 15 is 0 Å². The van der Waals surface area contributed by atoms with E-state index in [9.17, 15) is 9.59 Å². The van der Waals surface area contributed by atoms with Crippen LogP contribution in [0.5, 0.6) is 0 Å². The van der Waals surface area contributed by atoms with E-state index in [1.165, 1.54) is 26.2 Å². The van der Waals surface area contributed by atoms with Crippen molar-refractivity contribution in [2.75, 3.05) is 12.4 Å². The smallest absolute Gasteiger partial charge is 0.339 e. The van der Waals surface area contributed by atoms with Gasteiger partial charge < -0.3 is 14.5 Å². The van der Waals surface area contributed by atoms with Crippen molar-refractivity contribution < 1.29 is 18.7 Å². The Balaban J connectivity index is 2.06. The van der Waals surface area contributed by atoms with Gasteiger partial charge in [-0.1, -0.05) is 0 Å². The van der Waals surface area contributed by atoms with E-state index < -0.39 is 5.97 Å². The van der Waals surface area contributed by atoms with Gasteiger partial charge in [-0.05, 0) is 36.4 Å². The summed E-state index contributed by atoms with van der Waals surface area (Å²) in [5, 5.41) is 11.8. The van der Waals surface area contributed by atoms with Crippen molar-refractivity contribution in [3.05, 3.63) is 47.5 Å². The summed E-state index contributed by atoms with van der Waals surface area (Å²) in [5.74, 6) is -0.495. The number of carbonyl (C=O) groups is 2. The summed E-state index contributed by atoms with van der Waals surface area (Å²) in [6, 6.07) is 11.7. The average molecular weight is 335 g/mol. The molecule has 1 amide bonds. The van der Waals surface area contributed by atoms with Gasteiger partial charge in [0.15, 0.2) is 5.58 Å². The molecule has 1 heterocycles. The fourth-order valence-corrected chi connectivity index (χ4v) is 2.39. The molecular weight excluding hydrogens is 322 g/mol. The van der Waals surface area contributed by atoms with Crippen molar-refractivity contribution >= 4 is 28.7 Å². The van der Waals surface area contributed by atoms with E-state index in [0.717, 1.165) is 0 Å². The maximum Gasteiger partial charge on any atom is 0.339 e. The van der Waals surface area contributed by atoms with Crippen LogP contribution in [0.1, 0.15) is 22.8 Å². The minimum absolute atomic E-state index is 0.142. The number of fused-ring (bicyclic) bond motifs is 1. The second kappa shape index (κ2) is 6.45. The van der Waals surface area contributed by atoms with E-state index in [1.54, 1.807) is 24.3 Å². The lowest BCUT2D eigenvalue weighted by molar-refractivity contribution is -0.114. The van der Waals surface area contributed by atoms with Crippen molar-refractivity contribution in [2.24, 2.45) is 0 Å². The molecule has 0 saturated carbocycles. The Bertz CT molecular complexity index is 1030. The summed E-state index contributed by atoms with van der Waals surface area (Å²) in [5.41, 5.74) is 2.59. The molecule has 0 spiro atoms. The van der Waals surface area contributed by atoms with E-state index in [-0.39, 0.29) is 17.0 Å². The summed E-state index contributed by atoms with van der Waals surface area (Å²) < 4.78 is 10.4. The first-order chi connectivity index (χ1) is 12.0. The van der Waals surface area contributed by atoms with Crippen LogP contribution < -0.4 is 5.32 Å². The molecule has 124 valence electrons. The largest absolute Gasteiger partial charge is 0.465 e. The predicted molar refractivity (Wildman–Crippen MR) is 89.8 cm³/mol. The number of aromatic nitrogens is 1. The molecule has 0 radical (unpaired) electrons. The first kappa shape index (κ1) is 16.2. The van der Waals surface area contributed by atoms with Gasteiger partial charge in [-0.15, -0.1) is 0 Å². The number of hydrogen-bond acceptors (Lipinski definition) is 6. The number of methoxy groups -OCH3 is 1. The quantitative estimate of drug-likeness (QED) is 0.737. The number of nitrogens with zero attached hydrogens (tertiary/aromatic N) is 2. The molecule has 0 atom stereocenters. The number of esters is 1. The van der Waals surface area contributed by atoms with Crippen LogP contribution in [0.4, 0.5) is 5.69 Å². The van der Waals surface area contributed by atoms with Gasteiger partial charge in [-0.3, -0.25) is 4.79 Å². The molecule has 0 aliphatic rings. The second-order valence-corrected chi connectivity index (χ2v) is 5.25. The highest BCUT2D eigenvalue weighted by molar-refractivity contribution is 5.94. The maximum absolute atomic E-state index is 11.8. The van der Waals surface area contributed by atoms with Gasteiger partial charge >= 0.3 is 5.97 Å². The molecular formula is C18H13N3O4. The fourth-order valence-electron chi connectivity index (χ4n) is 2.39. The Morgan fingerprint density at radius 3 is 2.72 bits per heavy atom. The van der Waals surface area contributed by atoms with Crippen LogP contribution in [0.15, 0.2) is 40.8 Å². The lowest BCUT2D eigenvalue weighted by Gasteiger charge is -2.03. The van der Waals surface area contributed by atoms with Crippen LogP contribution in [-0.2, 0) is 9.53 Å². The first-order valence-corrected chi connectivity index (χ1v) is 7.33. The number of ether oxygens (including phenoxy) is 1. The van der Waals surface area contributed by atoms with Crippen LogP contribution in [0.25, 0.3) is 22.6 Å². The van der Waals surface area contributed by atoms with Gasteiger partial charge in [0.1, 0.15) is 11.6 Å². The molecule has 1 aromatic heterocycles. The minimum Gasteiger partial charge on any atom is -0.465 e. The lowest BCUT2D eigenvalue weighted by atomic mass is 10.0. The molecule has 3 rings (SSSR count). The third-order valence-corrected chi connectivity index (χ3v) is 3.50. The Morgan fingerprint density at radius 1 is 1.24 bits per heavy atom. The number of amides is 1. The molecule has 0 unspecified atom stereocenters. The van der Waals surface area contributed by atoms with E-state index in [1.807, 2.05) is 6.07 Å². The lowest BCUT2D eigenvalue weighted by Crippen LogP contribution is -2.05. The van der Waals surface area contributed by atoms with E-state index in [4.69, 9.17) is 14.4 Å². The highest BCUT2D eigenvalue weighted by Gasteiger charge is 2.16. The summed E-state index contributed by atoms with van der Waals surface area (Å²) in [7, 11) is 1.25. The third-order valence-electron chi connectivity index (χ3n) is 3.50. The average Bonchev–Trinajstić information content (AvgIpc) is 3.03. The Kier molecular flexibility index (Phi) is 4.18. The predicted octanol–water partition coefficient (Wildman–Crippen LogP) is 3.11. The molecule has 0 fully saturated rings. The van der Waals surface area contributed by atoms with Crippen LogP contribution in [0.3, 0.4) is 0 Å². The molecule has 25 heavy (non-hydrogen) atoms. The van der Waals surface area contributed by atoms with Crippen molar-refractivity contribution in [2.45, 2.75) is 6.92 Å². The zero-order valence-electron chi connectivity index (χ0n) is 13.5. The summed E-state index contributed by atoms with van der Waals surface area (Å²) in [6.07, 6.45) is 0. The van der Waals surface area contributed by atoms with Crippen molar-refractivity contribution in [1.82, 2.24) is 4.98 Å². The zero-order valence-corrected chi connectivity index (χ0v) is 13.5. The Hall–Kier alpha value is -3.66. The molecule has 0 saturated heterocycles. The summed E-state index contributed by atoms with van der Waals surface area (Å²) in [4.78, 5) is 27.4. The summed E-state index contributed by atoms with van der Waals surface area (Å²) in [6.45, 7) is 1.42. The zero-order chi connectivity index (χ0) is 18.0. The number of carbonyl (C=O) groups excluding carboxylic acids is 2. The number of hydrogen-bond donors (Lipinski definition) is 1. The monoisotopic (exact) mass is 335 g/mol. The number of rotatable bonds is 3. The number of oxazole rings is 1. The molecule has 0 aliphatic carbocycles. The maximum atomic E-state index is 11.8. The fraction of sp³-hybridized carbons (Fsp3) is 0.111. The minimum atomic E-state index is -0.609. The molecule has 0 bridgehead atoms. The number of nitrogens with one attached hydrogen (secondary N) is 1. The first-order valence-electron chi connectivity index (χ1n) is 7.33. The standard InChI is InChI=1S/C18H13N3O4/c1-10(22)20-13-5-6-16-15(8-13)21-17(25-16)11-3-4-12(9-19)14(7-11)18(23)24-2/h3-8H,1-2H3,(H,20,22). The highest BCUT2D eigenvalue weighted by atomic mass is 16.5. The molecule has 3 aromatic rings. The van der Waals surface area contributed by atoms with Gasteiger partial charge in [0.25, 0.3) is 0 Å². The van der Waals surface area contributed by atoms with E-state index in [2.05, 4.69) is 10.3 Å². The molecule has 2 aromatic carbocycles. The topological polar surface area (TPSA) is 105 Å². The Morgan fingerprint density at radius 2 is 2.04 bits per heavy atom. The molecule has 7 heteroatoms. The van der Waals surface area contributed by atoms with Crippen molar-refractivity contribution in [3.8, 4) is 17.5 Å². The number of anilines is 1. The van der Waals surface area contributed by atoms with Crippen molar-refractivity contribution in [1.29, 1.82) is 5.26 Å². The Labute approximate surface area is 142 Å². The third kappa shape index (κ3) is 3.19. The van der Waals surface area contributed by atoms with Gasteiger partial charge in [-0.25, -0.2) is 9.78 Å². The second-order valence-electron chi connectivity index (χ2n) is 5.25. The normalized spacial score (nSPS) is 10.3. The van der Waals surface area contributed by atoms with Crippen LogP contribution >= 0.6 is 0 Å². The van der Waals surface area contributed by atoms with Crippen molar-refractivity contribution in [3.63, 3.8) is 0 Å². The van der Waals surface area contributed by atoms with Crippen LogP contribution in [0, 0.1) is 11.3 Å². The van der Waals surface area contributed by atoms with Crippen LogP contribution in [0.2, 0.25) is 0 Å². The van der Waals surface area contributed by atoms with Crippen LogP contribution in [-0.4, -0.2) is 24.0 Å². The van der Waals surface area contributed by atoms with Gasteiger partial charge in [0.05, 0.1) is 18.2 Å². The molecule has 7 nitrogen and oxygen atoms in total. The highest BCUT2D eigenvalue weighted by Crippen LogP contribution is 2.28. The molecule has 0 aliphatic heterocycles. The van der Waals surface area contributed by atoms with Gasteiger partial charge in [-0.2, -0.15) is 5.26 Å². The molecule has 1 N–H and O–H groups in total. The van der Waals surface area contributed by atoms with Gasteiger partial charge in [0, 0.05) is 18.2 Å². The number of nitriles is 1. The van der Waals surface area contributed by atoms with Gasteiger partial charge in [0.2, 0.25) is 11.8 Å².